The molecule has 0 spiro atoms. The third kappa shape index (κ3) is 2.97. The minimum atomic E-state index is -4.44. The summed E-state index contributed by atoms with van der Waals surface area (Å²) in [4.78, 5) is 12.0. The highest BCUT2D eigenvalue weighted by Gasteiger charge is 2.56. The lowest BCUT2D eigenvalue weighted by Crippen LogP contribution is -2.30. The van der Waals surface area contributed by atoms with E-state index in [1.54, 1.807) is 0 Å². The van der Waals surface area contributed by atoms with Gasteiger partial charge in [0.15, 0.2) is 0 Å². The molecule has 0 saturated heterocycles. The molecule has 6 heteroatoms. The molecule has 0 radical (unpaired) electrons. The summed E-state index contributed by atoms with van der Waals surface area (Å²) in [5.74, 6) is 0.916. The van der Waals surface area contributed by atoms with E-state index in [-0.39, 0.29) is 23.9 Å². The fraction of sp³-hybridized carbons (Fsp3) is 0.562. The van der Waals surface area contributed by atoms with Crippen LogP contribution in [0, 0.1) is 17.8 Å². The largest absolute Gasteiger partial charge is 0.416 e. The summed E-state index contributed by atoms with van der Waals surface area (Å²) in [5, 5.41) is 12.6. The number of hydrogen-bond donors (Lipinski definition) is 2. The number of fused-ring (bicyclic) bond motifs is 1. The fourth-order valence-electron chi connectivity index (χ4n) is 3.57. The highest BCUT2D eigenvalue weighted by Crippen LogP contribution is 2.57. The summed E-state index contributed by atoms with van der Waals surface area (Å²) >= 11 is 0. The number of halogens is 3. The summed E-state index contributed by atoms with van der Waals surface area (Å²) in [6.45, 7) is -0.0594. The molecule has 0 aromatic heterocycles. The van der Waals surface area contributed by atoms with Crippen molar-refractivity contribution in [2.24, 2.45) is 17.8 Å². The van der Waals surface area contributed by atoms with Gasteiger partial charge in [-0.2, -0.15) is 13.2 Å². The van der Waals surface area contributed by atoms with Gasteiger partial charge in [0.05, 0.1) is 11.7 Å². The first-order chi connectivity index (χ1) is 10.4. The maximum absolute atomic E-state index is 12.6. The Hall–Kier alpha value is -1.56. The minimum Gasteiger partial charge on any atom is -0.387 e. The number of benzene rings is 1. The summed E-state index contributed by atoms with van der Waals surface area (Å²) in [7, 11) is 0. The number of alkyl halides is 3. The van der Waals surface area contributed by atoms with E-state index in [1.807, 2.05) is 0 Å². The molecule has 0 unspecified atom stereocenters. The van der Waals surface area contributed by atoms with E-state index in [0.29, 0.717) is 11.8 Å². The first-order valence-corrected chi connectivity index (χ1v) is 7.51. The van der Waals surface area contributed by atoms with Gasteiger partial charge in [-0.05, 0) is 42.4 Å². The van der Waals surface area contributed by atoms with Crippen LogP contribution in [0.25, 0.3) is 0 Å². The monoisotopic (exact) mass is 313 g/mol. The highest BCUT2D eigenvalue weighted by molar-refractivity contribution is 5.82. The average Bonchev–Trinajstić information content (AvgIpc) is 2.96. The Bertz CT molecular complexity index is 563. The van der Waals surface area contributed by atoms with Gasteiger partial charge in [0, 0.05) is 12.5 Å². The Morgan fingerprint density at radius 3 is 2.64 bits per heavy atom. The summed E-state index contributed by atoms with van der Waals surface area (Å²) < 4.78 is 37.9. The molecule has 2 aliphatic rings. The van der Waals surface area contributed by atoms with Gasteiger partial charge in [-0.3, -0.25) is 4.79 Å². The van der Waals surface area contributed by atoms with Crippen LogP contribution in [-0.2, 0) is 11.0 Å². The molecule has 2 fully saturated rings. The number of nitrogens with one attached hydrogen (secondary N) is 1. The number of aliphatic hydroxyl groups excluding tert-OH is 1. The van der Waals surface area contributed by atoms with Crippen LogP contribution in [0.2, 0.25) is 0 Å². The second-order valence-electron chi connectivity index (χ2n) is 6.17. The number of aliphatic hydroxyl groups is 1. The van der Waals surface area contributed by atoms with E-state index in [4.69, 9.17) is 0 Å². The number of amides is 1. The van der Waals surface area contributed by atoms with Crippen molar-refractivity contribution < 1.29 is 23.1 Å². The van der Waals surface area contributed by atoms with Gasteiger partial charge >= 0.3 is 6.18 Å². The zero-order chi connectivity index (χ0) is 15.9. The molecule has 3 atom stereocenters. The molecular weight excluding hydrogens is 295 g/mol. The standard InChI is InChI=1S/C16H18F3NO2/c17-16(18,19)10-4-1-3-9(7-10)13(21)8-20-15(22)14-11-5-2-6-12(11)14/h1,3-4,7,11-14,21H,2,5-6,8H2,(H,20,22)/t11-,12-,13+/m0/s1. The molecular formula is C16H18F3NO2. The zero-order valence-corrected chi connectivity index (χ0v) is 11.9. The average molecular weight is 313 g/mol. The van der Waals surface area contributed by atoms with Crippen molar-refractivity contribution in [1.29, 1.82) is 0 Å². The molecule has 22 heavy (non-hydrogen) atoms. The van der Waals surface area contributed by atoms with Crippen LogP contribution in [0.3, 0.4) is 0 Å². The second-order valence-corrected chi connectivity index (χ2v) is 6.17. The molecule has 0 heterocycles. The van der Waals surface area contributed by atoms with E-state index in [1.165, 1.54) is 18.6 Å². The summed E-state index contributed by atoms with van der Waals surface area (Å²) in [5.41, 5.74) is -0.641. The molecule has 3 nitrogen and oxygen atoms in total. The van der Waals surface area contributed by atoms with Gasteiger partial charge in [-0.1, -0.05) is 18.6 Å². The van der Waals surface area contributed by atoms with Crippen LogP contribution in [0.15, 0.2) is 24.3 Å². The van der Waals surface area contributed by atoms with Gasteiger partial charge in [0.2, 0.25) is 5.91 Å². The summed E-state index contributed by atoms with van der Waals surface area (Å²) in [6.07, 6.45) is -2.24. The van der Waals surface area contributed by atoms with E-state index >= 15 is 0 Å². The molecule has 2 aliphatic carbocycles. The normalized spacial score (nSPS) is 28.1. The molecule has 2 saturated carbocycles. The lowest BCUT2D eigenvalue weighted by molar-refractivity contribution is -0.137. The SMILES string of the molecule is O=C(NC[C@@H](O)c1cccc(C(F)(F)F)c1)C1[C@H]2CCC[C@H]12. The summed E-state index contributed by atoms with van der Waals surface area (Å²) in [6, 6.07) is 4.56. The van der Waals surface area contributed by atoms with E-state index in [0.717, 1.165) is 25.0 Å². The first-order valence-electron chi connectivity index (χ1n) is 7.51. The van der Waals surface area contributed by atoms with Crippen molar-refractivity contribution in [2.45, 2.75) is 31.5 Å². The van der Waals surface area contributed by atoms with Gasteiger partial charge in [-0.15, -0.1) is 0 Å². The first kappa shape index (κ1) is 15.3. The van der Waals surface area contributed by atoms with E-state index in [2.05, 4.69) is 5.32 Å². The Morgan fingerprint density at radius 2 is 2.00 bits per heavy atom. The molecule has 0 aliphatic heterocycles. The third-order valence-corrected chi connectivity index (χ3v) is 4.78. The number of rotatable bonds is 4. The quantitative estimate of drug-likeness (QED) is 0.898. The van der Waals surface area contributed by atoms with Crippen LogP contribution < -0.4 is 5.32 Å². The van der Waals surface area contributed by atoms with Crippen molar-refractivity contribution in [2.75, 3.05) is 6.54 Å². The van der Waals surface area contributed by atoms with Crippen LogP contribution >= 0.6 is 0 Å². The van der Waals surface area contributed by atoms with Crippen molar-refractivity contribution >= 4 is 5.91 Å². The third-order valence-electron chi connectivity index (χ3n) is 4.78. The fourth-order valence-corrected chi connectivity index (χ4v) is 3.57. The lowest BCUT2D eigenvalue weighted by atomic mass is 10.1. The van der Waals surface area contributed by atoms with Crippen molar-refractivity contribution in [3.05, 3.63) is 35.4 Å². The predicted molar refractivity (Wildman–Crippen MR) is 73.7 cm³/mol. The smallest absolute Gasteiger partial charge is 0.387 e. The molecule has 120 valence electrons. The Morgan fingerprint density at radius 1 is 1.32 bits per heavy atom. The second kappa shape index (κ2) is 5.57. The van der Waals surface area contributed by atoms with Crippen LogP contribution in [0.1, 0.15) is 36.5 Å². The van der Waals surface area contributed by atoms with Crippen molar-refractivity contribution in [1.82, 2.24) is 5.32 Å². The van der Waals surface area contributed by atoms with Gasteiger partial charge < -0.3 is 10.4 Å². The van der Waals surface area contributed by atoms with Crippen molar-refractivity contribution in [3.8, 4) is 0 Å². The molecule has 1 aromatic carbocycles. The maximum Gasteiger partial charge on any atom is 0.416 e. The van der Waals surface area contributed by atoms with Gasteiger partial charge in [-0.25, -0.2) is 0 Å². The van der Waals surface area contributed by atoms with E-state index in [9.17, 15) is 23.1 Å². The number of hydrogen-bond acceptors (Lipinski definition) is 2. The van der Waals surface area contributed by atoms with Crippen LogP contribution in [0.4, 0.5) is 13.2 Å². The van der Waals surface area contributed by atoms with Crippen LogP contribution in [0.5, 0.6) is 0 Å². The molecule has 0 bridgehead atoms. The lowest BCUT2D eigenvalue weighted by Gasteiger charge is -2.15. The minimum absolute atomic E-state index is 0.0439. The number of carbonyl (C=O) groups excluding carboxylic acids is 1. The number of carbonyl (C=O) groups is 1. The van der Waals surface area contributed by atoms with Crippen molar-refractivity contribution in [3.63, 3.8) is 0 Å². The Labute approximate surface area is 126 Å². The molecule has 3 rings (SSSR count). The van der Waals surface area contributed by atoms with Gasteiger partial charge in [0.1, 0.15) is 0 Å². The highest BCUT2D eigenvalue weighted by atomic mass is 19.4. The Kier molecular flexibility index (Phi) is 3.89. The molecule has 1 aromatic rings. The molecule has 1 amide bonds. The predicted octanol–water partition coefficient (Wildman–Crippen LogP) is 2.90. The topological polar surface area (TPSA) is 49.3 Å². The van der Waals surface area contributed by atoms with E-state index < -0.39 is 17.8 Å². The van der Waals surface area contributed by atoms with Crippen LogP contribution in [-0.4, -0.2) is 17.6 Å². The van der Waals surface area contributed by atoms with Gasteiger partial charge in [0.25, 0.3) is 0 Å². The molecule has 2 N–H and O–H groups in total. The maximum atomic E-state index is 12.6. The Balaban J connectivity index is 1.56. The zero-order valence-electron chi connectivity index (χ0n) is 11.9.